The minimum absolute atomic E-state index is 0.0786. The Morgan fingerprint density at radius 2 is 1.94 bits per heavy atom. The van der Waals surface area contributed by atoms with Crippen LogP contribution in [0.3, 0.4) is 0 Å². The van der Waals surface area contributed by atoms with E-state index in [0.29, 0.717) is 12.7 Å². The lowest BCUT2D eigenvalue weighted by atomic mass is 10.0. The summed E-state index contributed by atoms with van der Waals surface area (Å²) in [6, 6.07) is 14.7. The van der Waals surface area contributed by atoms with Gasteiger partial charge in [0.05, 0.1) is 13.2 Å². The van der Waals surface area contributed by atoms with E-state index < -0.39 is 0 Å². The highest BCUT2D eigenvalue weighted by Crippen LogP contribution is 2.42. The maximum absolute atomic E-state index is 5.65. The van der Waals surface area contributed by atoms with Gasteiger partial charge in [-0.1, -0.05) is 42.5 Å². The molecule has 0 radical (unpaired) electrons. The van der Waals surface area contributed by atoms with Gasteiger partial charge in [-0.3, -0.25) is 0 Å². The van der Waals surface area contributed by atoms with Gasteiger partial charge in [-0.25, -0.2) is 0 Å². The van der Waals surface area contributed by atoms with Crippen molar-refractivity contribution in [2.75, 3.05) is 13.2 Å². The molecule has 0 saturated carbocycles. The number of benzene rings is 2. The van der Waals surface area contributed by atoms with E-state index in [9.17, 15) is 0 Å². The van der Waals surface area contributed by atoms with Gasteiger partial charge in [-0.2, -0.15) is 0 Å². The van der Waals surface area contributed by atoms with Gasteiger partial charge in [-0.05, 0) is 16.3 Å². The summed E-state index contributed by atoms with van der Waals surface area (Å²) >= 11 is 0. The van der Waals surface area contributed by atoms with E-state index in [4.69, 9.17) is 14.2 Å². The van der Waals surface area contributed by atoms with Gasteiger partial charge in [0.1, 0.15) is 12.2 Å². The summed E-state index contributed by atoms with van der Waals surface area (Å²) in [6.45, 7) is 1.47. The molecule has 2 aliphatic heterocycles. The van der Waals surface area contributed by atoms with Crippen LogP contribution in [0, 0.1) is 0 Å². The summed E-state index contributed by atoms with van der Waals surface area (Å²) in [7, 11) is 0. The molecule has 18 heavy (non-hydrogen) atoms. The molecule has 2 aromatic carbocycles. The first-order chi connectivity index (χ1) is 8.92. The molecule has 0 spiro atoms. The van der Waals surface area contributed by atoms with Crippen LogP contribution in [0.1, 0.15) is 11.7 Å². The predicted molar refractivity (Wildman–Crippen MR) is 67.3 cm³/mol. The molecule has 2 saturated heterocycles. The van der Waals surface area contributed by atoms with Crippen LogP contribution in [0.5, 0.6) is 0 Å². The van der Waals surface area contributed by atoms with E-state index >= 15 is 0 Å². The molecule has 0 bridgehead atoms. The third-order valence-electron chi connectivity index (χ3n) is 3.43. The average molecular weight is 242 g/mol. The van der Waals surface area contributed by atoms with Crippen molar-refractivity contribution in [2.45, 2.75) is 18.5 Å². The number of rotatable bonds is 4. The SMILES string of the molecule is c1ccc2c(C3OC3OCC3CO3)cccc2c1. The Bertz CT molecular complexity index is 571. The molecule has 2 aromatic rings. The maximum Gasteiger partial charge on any atom is 0.189 e. The number of hydrogen-bond acceptors (Lipinski definition) is 3. The van der Waals surface area contributed by atoms with E-state index in [-0.39, 0.29) is 12.4 Å². The molecule has 0 N–H and O–H groups in total. The van der Waals surface area contributed by atoms with Crippen LogP contribution < -0.4 is 0 Å². The number of hydrogen-bond donors (Lipinski definition) is 0. The van der Waals surface area contributed by atoms with E-state index in [0.717, 1.165) is 6.61 Å². The van der Waals surface area contributed by atoms with E-state index in [2.05, 4.69) is 42.5 Å². The van der Waals surface area contributed by atoms with Crippen LogP contribution in [0.25, 0.3) is 10.8 Å². The second-order valence-corrected chi connectivity index (χ2v) is 4.78. The van der Waals surface area contributed by atoms with Gasteiger partial charge in [0.2, 0.25) is 0 Å². The van der Waals surface area contributed by atoms with Crippen LogP contribution >= 0.6 is 0 Å². The standard InChI is InChI=1S/C15H14O3/c1-2-6-12-10(4-1)5-3-7-13(12)14-15(18-14)17-9-11-8-16-11/h1-7,11,14-15H,8-9H2. The second-order valence-electron chi connectivity index (χ2n) is 4.78. The summed E-state index contributed by atoms with van der Waals surface area (Å²) in [5.74, 6) is 0. The Kier molecular flexibility index (Phi) is 2.36. The molecule has 0 aromatic heterocycles. The summed E-state index contributed by atoms with van der Waals surface area (Å²) in [4.78, 5) is 0. The molecule has 92 valence electrons. The summed E-state index contributed by atoms with van der Waals surface area (Å²) in [5, 5.41) is 2.49. The molecule has 0 amide bonds. The summed E-state index contributed by atoms with van der Waals surface area (Å²) in [5.41, 5.74) is 1.22. The van der Waals surface area contributed by atoms with Crippen molar-refractivity contribution in [2.24, 2.45) is 0 Å². The van der Waals surface area contributed by atoms with Gasteiger partial charge in [0, 0.05) is 0 Å². The lowest BCUT2D eigenvalue weighted by Crippen LogP contribution is -2.04. The Labute approximate surface area is 105 Å². The van der Waals surface area contributed by atoms with Crippen LogP contribution in [0.2, 0.25) is 0 Å². The number of ether oxygens (including phenoxy) is 3. The predicted octanol–water partition coefficient (Wildman–Crippen LogP) is 2.65. The quantitative estimate of drug-likeness (QED) is 0.773. The van der Waals surface area contributed by atoms with Crippen molar-refractivity contribution < 1.29 is 14.2 Å². The van der Waals surface area contributed by atoms with Crippen molar-refractivity contribution in [3.63, 3.8) is 0 Å². The third-order valence-corrected chi connectivity index (χ3v) is 3.43. The summed E-state index contributed by atoms with van der Waals surface area (Å²) in [6.07, 6.45) is 0.275. The van der Waals surface area contributed by atoms with Crippen molar-refractivity contribution in [1.29, 1.82) is 0 Å². The molecule has 2 aliphatic rings. The minimum atomic E-state index is -0.0972. The molecule has 4 rings (SSSR count). The molecule has 3 atom stereocenters. The highest BCUT2D eigenvalue weighted by molar-refractivity contribution is 5.86. The lowest BCUT2D eigenvalue weighted by molar-refractivity contribution is 0.0405. The molecule has 2 fully saturated rings. The van der Waals surface area contributed by atoms with Crippen molar-refractivity contribution in [3.8, 4) is 0 Å². The number of fused-ring (bicyclic) bond motifs is 1. The zero-order valence-corrected chi connectivity index (χ0v) is 9.91. The molecule has 3 nitrogen and oxygen atoms in total. The van der Waals surface area contributed by atoms with E-state index in [1.165, 1.54) is 16.3 Å². The molecule has 3 heteroatoms. The van der Waals surface area contributed by atoms with E-state index in [1.807, 2.05) is 0 Å². The average Bonchev–Trinajstić information content (AvgIpc) is 3.30. The minimum Gasteiger partial charge on any atom is -0.371 e. The van der Waals surface area contributed by atoms with Crippen molar-refractivity contribution in [3.05, 3.63) is 48.0 Å². The van der Waals surface area contributed by atoms with E-state index in [1.54, 1.807) is 0 Å². The Morgan fingerprint density at radius 1 is 1.11 bits per heavy atom. The van der Waals surface area contributed by atoms with Gasteiger partial charge in [0.15, 0.2) is 6.29 Å². The fourth-order valence-corrected chi connectivity index (χ4v) is 2.31. The zero-order valence-electron chi connectivity index (χ0n) is 9.91. The smallest absolute Gasteiger partial charge is 0.189 e. The Morgan fingerprint density at radius 3 is 2.83 bits per heavy atom. The molecule has 0 aliphatic carbocycles. The highest BCUT2D eigenvalue weighted by atomic mass is 16.8. The first-order valence-corrected chi connectivity index (χ1v) is 6.28. The van der Waals surface area contributed by atoms with Crippen LogP contribution in [0.4, 0.5) is 0 Å². The van der Waals surface area contributed by atoms with Crippen LogP contribution in [-0.4, -0.2) is 25.6 Å². The van der Waals surface area contributed by atoms with Crippen molar-refractivity contribution >= 4 is 10.8 Å². The maximum atomic E-state index is 5.65. The normalized spacial score (nSPS) is 29.4. The third kappa shape index (κ3) is 1.90. The lowest BCUT2D eigenvalue weighted by Gasteiger charge is -2.03. The summed E-state index contributed by atoms with van der Waals surface area (Å²) < 4.78 is 16.4. The molecule has 3 unspecified atom stereocenters. The largest absolute Gasteiger partial charge is 0.371 e. The van der Waals surface area contributed by atoms with Gasteiger partial charge < -0.3 is 14.2 Å². The van der Waals surface area contributed by atoms with Gasteiger partial charge in [0.25, 0.3) is 0 Å². The van der Waals surface area contributed by atoms with Crippen LogP contribution in [-0.2, 0) is 14.2 Å². The second kappa shape index (κ2) is 4.05. The van der Waals surface area contributed by atoms with Gasteiger partial charge >= 0.3 is 0 Å². The zero-order chi connectivity index (χ0) is 11.9. The Hall–Kier alpha value is -1.42. The highest BCUT2D eigenvalue weighted by Gasteiger charge is 2.43. The topological polar surface area (TPSA) is 34.3 Å². The first-order valence-electron chi connectivity index (χ1n) is 6.28. The monoisotopic (exact) mass is 242 g/mol. The van der Waals surface area contributed by atoms with Crippen LogP contribution in [0.15, 0.2) is 42.5 Å². The fourth-order valence-electron chi connectivity index (χ4n) is 2.31. The molecular formula is C15H14O3. The fraction of sp³-hybridized carbons (Fsp3) is 0.333. The Balaban J connectivity index is 1.56. The molecular weight excluding hydrogens is 228 g/mol. The first kappa shape index (κ1) is 10.5. The van der Waals surface area contributed by atoms with Gasteiger partial charge in [-0.15, -0.1) is 0 Å². The van der Waals surface area contributed by atoms with Crippen molar-refractivity contribution in [1.82, 2.24) is 0 Å². The molecule has 2 heterocycles. The number of epoxide rings is 2.